The second-order valence-corrected chi connectivity index (χ2v) is 8.39. The molecule has 0 saturated carbocycles. The molecule has 38 heavy (non-hydrogen) atoms. The van der Waals surface area contributed by atoms with Gasteiger partial charge in [-0.15, -0.1) is 0 Å². The molecule has 0 fully saturated rings. The van der Waals surface area contributed by atoms with Crippen LogP contribution in [-0.4, -0.2) is 38.8 Å². The zero-order chi connectivity index (χ0) is 27.3. The molecule has 0 bridgehead atoms. The fourth-order valence-electron chi connectivity index (χ4n) is 3.88. The third-order valence-electron chi connectivity index (χ3n) is 5.59. The molecular weight excluding hydrogens is 480 g/mol. The molecule has 0 amide bonds. The molecule has 0 aromatic heterocycles. The standard InChI is InChI=1S/C29H38N6O3/c1-5-36-26-10-8-9-22(19-26)18-24-14-11-23(20-27(24)33-28(30)34-37-6-2)17-21-12-15-25(16-13-21)35(38-7-3)29(31)32-4/h8-16,19-20H,5-7,17-18H2,1-4H3,(H2,31,32)(H3,30,33,34). The number of rotatable bonds is 12. The number of hydrogen-bond acceptors (Lipinski definition) is 5. The molecule has 0 unspecified atom stereocenters. The van der Waals surface area contributed by atoms with Gasteiger partial charge in [0.1, 0.15) is 5.75 Å². The number of hydroxylamine groups is 2. The Kier molecular flexibility index (Phi) is 11.0. The highest BCUT2D eigenvalue weighted by Gasteiger charge is 2.12. The van der Waals surface area contributed by atoms with Crippen molar-refractivity contribution in [1.29, 1.82) is 0 Å². The zero-order valence-electron chi connectivity index (χ0n) is 22.6. The first-order valence-corrected chi connectivity index (χ1v) is 12.8. The minimum Gasteiger partial charge on any atom is -0.494 e. The highest BCUT2D eigenvalue weighted by atomic mass is 16.7. The lowest BCUT2D eigenvalue weighted by Crippen LogP contribution is -2.37. The number of ether oxygens (including phenoxy) is 1. The van der Waals surface area contributed by atoms with Crippen LogP contribution >= 0.6 is 0 Å². The van der Waals surface area contributed by atoms with E-state index in [1.165, 1.54) is 5.06 Å². The Labute approximate surface area is 225 Å². The van der Waals surface area contributed by atoms with Crippen molar-refractivity contribution in [3.8, 4) is 5.75 Å². The van der Waals surface area contributed by atoms with Crippen LogP contribution in [-0.2, 0) is 22.5 Å². The van der Waals surface area contributed by atoms with Crippen LogP contribution in [0.4, 0.5) is 11.4 Å². The lowest BCUT2D eigenvalue weighted by Gasteiger charge is -2.21. The van der Waals surface area contributed by atoms with E-state index < -0.39 is 0 Å². The fourth-order valence-corrected chi connectivity index (χ4v) is 3.88. The summed E-state index contributed by atoms with van der Waals surface area (Å²) in [7, 11) is 1.63. The van der Waals surface area contributed by atoms with Gasteiger partial charge in [-0.05, 0) is 86.2 Å². The average molecular weight is 519 g/mol. The fraction of sp³-hybridized carbons (Fsp3) is 0.310. The number of nitrogens with one attached hydrogen (secondary N) is 1. The van der Waals surface area contributed by atoms with Crippen LogP contribution in [0.3, 0.4) is 0 Å². The third-order valence-corrected chi connectivity index (χ3v) is 5.59. The van der Waals surface area contributed by atoms with E-state index in [2.05, 4.69) is 45.8 Å². The van der Waals surface area contributed by atoms with Crippen LogP contribution in [0.25, 0.3) is 0 Å². The summed E-state index contributed by atoms with van der Waals surface area (Å²) in [6, 6.07) is 22.4. The van der Waals surface area contributed by atoms with Gasteiger partial charge in [0.2, 0.25) is 11.9 Å². The van der Waals surface area contributed by atoms with E-state index in [-0.39, 0.29) is 5.96 Å². The molecule has 0 aliphatic carbocycles. The monoisotopic (exact) mass is 518 g/mol. The number of nitrogens with zero attached hydrogens (tertiary/aromatic N) is 3. The third kappa shape index (κ3) is 8.22. The number of guanidine groups is 2. The molecule has 0 aliphatic rings. The summed E-state index contributed by atoms with van der Waals surface area (Å²) in [5, 5.41) is 1.53. The van der Waals surface area contributed by atoms with E-state index in [1.807, 2.05) is 57.2 Å². The number of hydrogen-bond donors (Lipinski definition) is 3. The SMILES string of the molecule is CCONC(N)=Nc1cc(Cc2ccc(N(OCC)C(N)=NC)cc2)ccc1Cc1cccc(OCC)c1. The van der Waals surface area contributed by atoms with E-state index in [0.717, 1.165) is 39.4 Å². The summed E-state index contributed by atoms with van der Waals surface area (Å²) in [6.07, 6.45) is 1.40. The minimum atomic E-state index is 0.198. The van der Waals surface area contributed by atoms with Crippen LogP contribution in [0, 0.1) is 0 Å². The first kappa shape index (κ1) is 28.5. The molecule has 9 heteroatoms. The van der Waals surface area contributed by atoms with Crippen molar-refractivity contribution in [3.63, 3.8) is 0 Å². The first-order chi connectivity index (χ1) is 18.5. The van der Waals surface area contributed by atoms with Crippen molar-refractivity contribution in [1.82, 2.24) is 5.48 Å². The number of anilines is 1. The molecule has 3 aromatic carbocycles. The number of benzene rings is 3. The Morgan fingerprint density at radius 2 is 1.58 bits per heavy atom. The summed E-state index contributed by atoms with van der Waals surface area (Å²) in [6.45, 7) is 7.33. The van der Waals surface area contributed by atoms with Gasteiger partial charge in [-0.2, -0.15) is 5.06 Å². The maximum Gasteiger partial charge on any atom is 0.220 e. The molecule has 5 N–H and O–H groups in total. The minimum absolute atomic E-state index is 0.198. The first-order valence-electron chi connectivity index (χ1n) is 12.8. The maximum atomic E-state index is 6.08. The van der Waals surface area contributed by atoms with E-state index in [1.54, 1.807) is 7.05 Å². The largest absolute Gasteiger partial charge is 0.494 e. The highest BCUT2D eigenvalue weighted by molar-refractivity contribution is 5.92. The van der Waals surface area contributed by atoms with Crippen molar-refractivity contribution in [2.45, 2.75) is 33.6 Å². The van der Waals surface area contributed by atoms with Crippen LogP contribution in [0.1, 0.15) is 43.0 Å². The second-order valence-electron chi connectivity index (χ2n) is 8.39. The summed E-state index contributed by atoms with van der Waals surface area (Å²) >= 11 is 0. The summed E-state index contributed by atoms with van der Waals surface area (Å²) in [4.78, 5) is 19.5. The molecule has 202 valence electrons. The Balaban J connectivity index is 1.86. The highest BCUT2D eigenvalue weighted by Crippen LogP contribution is 2.27. The molecule has 0 radical (unpaired) electrons. The molecule has 0 atom stereocenters. The van der Waals surface area contributed by atoms with Gasteiger partial charge in [0.25, 0.3) is 0 Å². The van der Waals surface area contributed by atoms with Gasteiger partial charge < -0.3 is 16.2 Å². The molecule has 3 aromatic rings. The smallest absolute Gasteiger partial charge is 0.220 e. The molecule has 0 saturated heterocycles. The Morgan fingerprint density at radius 1 is 0.842 bits per heavy atom. The van der Waals surface area contributed by atoms with Crippen molar-refractivity contribution in [2.24, 2.45) is 21.5 Å². The predicted molar refractivity (Wildman–Crippen MR) is 154 cm³/mol. The average Bonchev–Trinajstić information content (AvgIpc) is 2.92. The van der Waals surface area contributed by atoms with E-state index >= 15 is 0 Å². The van der Waals surface area contributed by atoms with Crippen LogP contribution in [0.15, 0.2) is 76.7 Å². The van der Waals surface area contributed by atoms with Crippen LogP contribution in [0.5, 0.6) is 5.75 Å². The van der Waals surface area contributed by atoms with Crippen LogP contribution in [0.2, 0.25) is 0 Å². The van der Waals surface area contributed by atoms with Gasteiger partial charge in [-0.1, -0.05) is 36.4 Å². The normalized spacial score (nSPS) is 11.9. The van der Waals surface area contributed by atoms with Gasteiger partial charge >= 0.3 is 0 Å². The van der Waals surface area contributed by atoms with Gasteiger partial charge in [0.05, 0.1) is 31.2 Å². The lowest BCUT2D eigenvalue weighted by atomic mass is 9.98. The maximum absolute atomic E-state index is 6.08. The van der Waals surface area contributed by atoms with E-state index in [4.69, 9.17) is 25.9 Å². The van der Waals surface area contributed by atoms with Gasteiger partial charge in [-0.3, -0.25) is 14.7 Å². The zero-order valence-corrected chi connectivity index (χ0v) is 22.6. The predicted octanol–water partition coefficient (Wildman–Crippen LogP) is 4.46. The quantitative estimate of drug-likeness (QED) is 0.184. The van der Waals surface area contributed by atoms with Crippen LogP contribution < -0.4 is 26.7 Å². The van der Waals surface area contributed by atoms with Crippen molar-refractivity contribution in [3.05, 3.63) is 89.0 Å². The summed E-state index contributed by atoms with van der Waals surface area (Å²) < 4.78 is 5.67. The van der Waals surface area contributed by atoms with E-state index in [9.17, 15) is 0 Å². The molecular formula is C29H38N6O3. The van der Waals surface area contributed by atoms with Crippen molar-refractivity contribution >= 4 is 23.3 Å². The Bertz CT molecular complexity index is 1230. The van der Waals surface area contributed by atoms with Gasteiger partial charge in [0.15, 0.2) is 0 Å². The summed E-state index contributed by atoms with van der Waals surface area (Å²) in [5.74, 6) is 1.34. The Morgan fingerprint density at radius 3 is 2.26 bits per heavy atom. The van der Waals surface area contributed by atoms with Crippen molar-refractivity contribution in [2.75, 3.05) is 31.9 Å². The number of aliphatic imine (C=N–C) groups is 2. The summed E-state index contributed by atoms with van der Waals surface area (Å²) in [5.41, 5.74) is 20.7. The van der Waals surface area contributed by atoms with E-state index in [0.29, 0.717) is 38.6 Å². The molecule has 9 nitrogen and oxygen atoms in total. The molecule has 0 spiro atoms. The van der Waals surface area contributed by atoms with Gasteiger partial charge in [-0.25, -0.2) is 10.5 Å². The number of nitrogens with two attached hydrogens (primary N) is 2. The Hall–Kier alpha value is -4.08. The van der Waals surface area contributed by atoms with Gasteiger partial charge in [0, 0.05) is 7.05 Å². The lowest BCUT2D eigenvalue weighted by molar-refractivity contribution is 0.0960. The topological polar surface area (TPSA) is 120 Å². The molecule has 0 aliphatic heterocycles. The molecule has 0 heterocycles. The second kappa shape index (κ2) is 14.6. The molecule has 3 rings (SSSR count). The van der Waals surface area contributed by atoms with Crippen molar-refractivity contribution < 1.29 is 14.4 Å².